The molecule has 0 aliphatic carbocycles. The van der Waals surface area contributed by atoms with E-state index in [9.17, 15) is 13.2 Å². The molecule has 0 unspecified atom stereocenters. The molecule has 0 spiro atoms. The second kappa shape index (κ2) is 8.11. The number of hydrogen-bond acceptors (Lipinski definition) is 3. The van der Waals surface area contributed by atoms with Crippen LogP contribution in [-0.4, -0.2) is 33.0 Å². The summed E-state index contributed by atoms with van der Waals surface area (Å²) in [6, 6.07) is 5.83. The van der Waals surface area contributed by atoms with Gasteiger partial charge in [0.1, 0.15) is 12.4 Å². The van der Waals surface area contributed by atoms with Crippen LogP contribution in [-0.2, 0) is 11.3 Å². The summed E-state index contributed by atoms with van der Waals surface area (Å²) in [5.41, 5.74) is 2.17. The average Bonchev–Trinajstić information content (AvgIpc) is 2.35. The maximum atomic E-state index is 11.8. The van der Waals surface area contributed by atoms with Crippen molar-refractivity contribution >= 4 is 0 Å². The lowest BCUT2D eigenvalue weighted by Crippen LogP contribution is -2.18. The number of halogens is 3. The molecule has 3 nitrogen and oxygen atoms in total. The highest BCUT2D eigenvalue weighted by atomic mass is 19.4. The smallest absolute Gasteiger partial charge is 0.411 e. The third-order valence-electron chi connectivity index (χ3n) is 2.54. The van der Waals surface area contributed by atoms with E-state index >= 15 is 0 Å². The maximum absolute atomic E-state index is 11.8. The standard InChI is InChI=1S/C14H20F3NO2/c1-11-4-5-13(12(8-11)9-18-2)20-7-3-6-19-10-14(15,16)17/h4-5,8,18H,3,6-7,9-10H2,1-2H3. The summed E-state index contributed by atoms with van der Waals surface area (Å²) in [5.74, 6) is 0.751. The lowest BCUT2D eigenvalue weighted by Gasteiger charge is -2.12. The number of aryl methyl sites for hydroxylation is 1. The predicted octanol–water partition coefficient (Wildman–Crippen LogP) is 3.06. The van der Waals surface area contributed by atoms with Crippen LogP contribution >= 0.6 is 0 Å². The van der Waals surface area contributed by atoms with Crippen LogP contribution in [0.4, 0.5) is 13.2 Å². The lowest BCUT2D eigenvalue weighted by molar-refractivity contribution is -0.174. The Hall–Kier alpha value is -1.27. The Balaban J connectivity index is 2.31. The summed E-state index contributed by atoms with van der Waals surface area (Å²) >= 11 is 0. The molecule has 1 rings (SSSR count). The minimum Gasteiger partial charge on any atom is -0.493 e. The molecule has 6 heteroatoms. The van der Waals surface area contributed by atoms with Crippen LogP contribution in [0.3, 0.4) is 0 Å². The first-order valence-electron chi connectivity index (χ1n) is 6.44. The van der Waals surface area contributed by atoms with Crippen LogP contribution in [0.25, 0.3) is 0 Å². The molecule has 0 saturated carbocycles. The van der Waals surface area contributed by atoms with Gasteiger partial charge in [0, 0.05) is 18.5 Å². The van der Waals surface area contributed by atoms with Crippen LogP contribution < -0.4 is 10.1 Å². The quantitative estimate of drug-likeness (QED) is 0.747. The molecule has 0 fully saturated rings. The molecule has 1 aromatic carbocycles. The Morgan fingerprint density at radius 2 is 1.95 bits per heavy atom. The number of benzene rings is 1. The minimum atomic E-state index is -4.27. The summed E-state index contributed by atoms with van der Waals surface area (Å²) in [4.78, 5) is 0. The molecule has 0 aliphatic heterocycles. The van der Waals surface area contributed by atoms with Gasteiger partial charge in [-0.15, -0.1) is 0 Å². The molecule has 0 amide bonds. The maximum Gasteiger partial charge on any atom is 0.411 e. The number of rotatable bonds is 8. The number of alkyl halides is 3. The van der Waals surface area contributed by atoms with Gasteiger partial charge in [0.25, 0.3) is 0 Å². The second-order valence-electron chi connectivity index (χ2n) is 4.51. The van der Waals surface area contributed by atoms with Crippen molar-refractivity contribution in [3.05, 3.63) is 29.3 Å². The lowest BCUT2D eigenvalue weighted by atomic mass is 10.1. The largest absolute Gasteiger partial charge is 0.493 e. The van der Waals surface area contributed by atoms with Crippen molar-refractivity contribution < 1.29 is 22.6 Å². The summed E-state index contributed by atoms with van der Waals surface area (Å²) in [5, 5.41) is 3.05. The summed E-state index contributed by atoms with van der Waals surface area (Å²) in [7, 11) is 1.84. The summed E-state index contributed by atoms with van der Waals surface area (Å²) in [6.45, 7) is 1.84. The molecule has 0 atom stereocenters. The van der Waals surface area contributed by atoms with Crippen molar-refractivity contribution in [1.82, 2.24) is 5.32 Å². The van der Waals surface area contributed by atoms with Crippen molar-refractivity contribution in [3.8, 4) is 5.75 Å². The van der Waals surface area contributed by atoms with E-state index in [1.807, 2.05) is 32.2 Å². The van der Waals surface area contributed by atoms with E-state index in [1.54, 1.807) is 0 Å². The summed E-state index contributed by atoms with van der Waals surface area (Å²) in [6.07, 6.45) is -3.85. The first-order chi connectivity index (χ1) is 9.42. The van der Waals surface area contributed by atoms with Gasteiger partial charge in [-0.05, 0) is 20.0 Å². The van der Waals surface area contributed by atoms with E-state index < -0.39 is 12.8 Å². The Morgan fingerprint density at radius 1 is 1.20 bits per heavy atom. The highest BCUT2D eigenvalue weighted by molar-refractivity contribution is 5.36. The molecule has 0 saturated heterocycles. The van der Waals surface area contributed by atoms with E-state index in [1.165, 1.54) is 0 Å². The fourth-order valence-corrected chi connectivity index (χ4v) is 1.71. The molecule has 0 radical (unpaired) electrons. The first-order valence-corrected chi connectivity index (χ1v) is 6.44. The average molecular weight is 291 g/mol. The van der Waals surface area contributed by atoms with Gasteiger partial charge in [-0.25, -0.2) is 0 Å². The predicted molar refractivity (Wildman–Crippen MR) is 70.9 cm³/mol. The van der Waals surface area contributed by atoms with Crippen molar-refractivity contribution in [1.29, 1.82) is 0 Å². The van der Waals surface area contributed by atoms with Crippen molar-refractivity contribution in [2.75, 3.05) is 26.9 Å². The van der Waals surface area contributed by atoms with Crippen LogP contribution in [0.15, 0.2) is 18.2 Å². The van der Waals surface area contributed by atoms with Gasteiger partial charge in [0.15, 0.2) is 0 Å². The van der Waals surface area contributed by atoms with Gasteiger partial charge >= 0.3 is 6.18 Å². The Morgan fingerprint density at radius 3 is 2.60 bits per heavy atom. The van der Waals surface area contributed by atoms with E-state index in [0.717, 1.165) is 16.9 Å². The van der Waals surface area contributed by atoms with Gasteiger partial charge in [0.05, 0.1) is 13.2 Å². The number of hydrogen-bond donors (Lipinski definition) is 1. The highest BCUT2D eigenvalue weighted by Crippen LogP contribution is 2.20. The van der Waals surface area contributed by atoms with E-state index in [0.29, 0.717) is 19.6 Å². The monoisotopic (exact) mass is 291 g/mol. The third-order valence-corrected chi connectivity index (χ3v) is 2.54. The molecular formula is C14H20F3NO2. The molecule has 1 aromatic rings. The zero-order valence-corrected chi connectivity index (χ0v) is 11.7. The Labute approximate surface area is 117 Å². The van der Waals surface area contributed by atoms with Crippen LogP contribution in [0.5, 0.6) is 5.75 Å². The molecular weight excluding hydrogens is 271 g/mol. The third kappa shape index (κ3) is 6.77. The van der Waals surface area contributed by atoms with Crippen LogP contribution in [0.2, 0.25) is 0 Å². The van der Waals surface area contributed by atoms with Crippen LogP contribution in [0.1, 0.15) is 17.5 Å². The molecule has 0 aliphatic rings. The highest BCUT2D eigenvalue weighted by Gasteiger charge is 2.27. The number of nitrogens with one attached hydrogen (secondary N) is 1. The fourth-order valence-electron chi connectivity index (χ4n) is 1.71. The Kier molecular flexibility index (Phi) is 6.81. The SMILES string of the molecule is CNCc1cc(C)ccc1OCCCOCC(F)(F)F. The molecule has 0 heterocycles. The topological polar surface area (TPSA) is 30.5 Å². The normalized spacial score (nSPS) is 11.7. The van der Waals surface area contributed by atoms with Gasteiger partial charge in [-0.3, -0.25) is 0 Å². The van der Waals surface area contributed by atoms with Crippen molar-refractivity contribution in [2.45, 2.75) is 26.1 Å². The zero-order valence-electron chi connectivity index (χ0n) is 11.7. The number of ether oxygens (including phenoxy) is 2. The van der Waals surface area contributed by atoms with Crippen LogP contribution in [0, 0.1) is 6.92 Å². The van der Waals surface area contributed by atoms with E-state index in [4.69, 9.17) is 4.74 Å². The molecule has 1 N–H and O–H groups in total. The molecule has 20 heavy (non-hydrogen) atoms. The van der Waals surface area contributed by atoms with E-state index in [-0.39, 0.29) is 6.61 Å². The fraction of sp³-hybridized carbons (Fsp3) is 0.571. The van der Waals surface area contributed by atoms with Gasteiger partial charge in [0.2, 0.25) is 0 Å². The molecule has 0 bridgehead atoms. The van der Waals surface area contributed by atoms with Gasteiger partial charge in [-0.2, -0.15) is 13.2 Å². The van der Waals surface area contributed by atoms with E-state index in [2.05, 4.69) is 10.1 Å². The Bertz CT molecular complexity index is 408. The molecule has 0 aromatic heterocycles. The van der Waals surface area contributed by atoms with Crippen molar-refractivity contribution in [3.63, 3.8) is 0 Å². The second-order valence-corrected chi connectivity index (χ2v) is 4.51. The van der Waals surface area contributed by atoms with Crippen molar-refractivity contribution in [2.24, 2.45) is 0 Å². The molecule has 114 valence electrons. The first kappa shape index (κ1) is 16.8. The summed E-state index contributed by atoms with van der Waals surface area (Å²) < 4.78 is 45.6. The minimum absolute atomic E-state index is 0.0345. The van der Waals surface area contributed by atoms with Gasteiger partial charge in [-0.1, -0.05) is 17.7 Å². The van der Waals surface area contributed by atoms with Gasteiger partial charge < -0.3 is 14.8 Å². The zero-order chi connectivity index (χ0) is 15.0.